The zero-order chi connectivity index (χ0) is 18.1. The molecule has 1 amide bonds. The summed E-state index contributed by atoms with van der Waals surface area (Å²) in [6.07, 6.45) is 2.69. The molecule has 1 fully saturated rings. The Kier molecular flexibility index (Phi) is 5.01. The summed E-state index contributed by atoms with van der Waals surface area (Å²) >= 11 is 0. The second-order valence-electron chi connectivity index (χ2n) is 6.85. The van der Waals surface area contributed by atoms with Crippen LogP contribution in [0, 0.1) is 5.82 Å². The molecule has 0 aliphatic carbocycles. The van der Waals surface area contributed by atoms with Crippen molar-refractivity contribution in [3.05, 3.63) is 29.1 Å². The lowest BCUT2D eigenvalue weighted by molar-refractivity contribution is -0.118. The fraction of sp³-hybridized carbons (Fsp3) is 0.500. The molecule has 6 nitrogen and oxygen atoms in total. The van der Waals surface area contributed by atoms with Crippen molar-refractivity contribution < 1.29 is 18.5 Å². The molecule has 1 aliphatic heterocycles. The van der Waals surface area contributed by atoms with Gasteiger partial charge in [-0.3, -0.25) is 4.79 Å². The maximum atomic E-state index is 13.5. The molecule has 1 aliphatic rings. The molecular formula is C16H23BFN3O3. The first kappa shape index (κ1) is 18.4. The summed E-state index contributed by atoms with van der Waals surface area (Å²) in [4.78, 5) is 15.1. The van der Waals surface area contributed by atoms with Gasteiger partial charge in [-0.15, -0.1) is 0 Å². The highest BCUT2D eigenvalue weighted by molar-refractivity contribution is 6.56. The van der Waals surface area contributed by atoms with Gasteiger partial charge in [0.25, 0.3) is 0 Å². The Morgan fingerprint density at radius 3 is 2.50 bits per heavy atom. The van der Waals surface area contributed by atoms with Crippen LogP contribution in [0.15, 0.2) is 17.7 Å². The minimum absolute atomic E-state index is 0.188. The van der Waals surface area contributed by atoms with Crippen molar-refractivity contribution in [3.8, 4) is 0 Å². The van der Waals surface area contributed by atoms with E-state index in [1.807, 2.05) is 27.7 Å². The molecule has 8 heteroatoms. The van der Waals surface area contributed by atoms with Gasteiger partial charge < -0.3 is 20.4 Å². The van der Waals surface area contributed by atoms with Crippen LogP contribution >= 0.6 is 0 Å². The van der Waals surface area contributed by atoms with Crippen molar-refractivity contribution in [2.45, 2.75) is 45.8 Å². The number of amides is 1. The van der Waals surface area contributed by atoms with Gasteiger partial charge in [0.05, 0.1) is 17.4 Å². The summed E-state index contributed by atoms with van der Waals surface area (Å²) in [6, 6.07) is 1.28. The van der Waals surface area contributed by atoms with E-state index in [2.05, 4.69) is 10.3 Å². The summed E-state index contributed by atoms with van der Waals surface area (Å²) in [5, 5.41) is 2.71. The molecule has 24 heavy (non-hydrogen) atoms. The number of hydrogen-bond acceptors (Lipinski definition) is 5. The summed E-state index contributed by atoms with van der Waals surface area (Å²) < 4.78 is 25.5. The molecule has 0 saturated carbocycles. The third kappa shape index (κ3) is 3.94. The lowest BCUT2D eigenvalue weighted by Crippen LogP contribution is -2.41. The molecule has 0 bridgehead atoms. The second kappa shape index (κ2) is 6.53. The molecule has 1 saturated heterocycles. The van der Waals surface area contributed by atoms with Crippen LogP contribution in [0.5, 0.6) is 0 Å². The highest BCUT2D eigenvalue weighted by Crippen LogP contribution is 2.38. The predicted octanol–water partition coefficient (Wildman–Crippen LogP) is 1.95. The van der Waals surface area contributed by atoms with Crippen LogP contribution in [-0.2, 0) is 14.1 Å². The summed E-state index contributed by atoms with van der Waals surface area (Å²) in [7, 11) is -0.676. The zero-order valence-corrected chi connectivity index (χ0v) is 14.6. The Hall–Kier alpha value is -1.93. The Morgan fingerprint density at radius 2 is 1.96 bits per heavy atom. The number of halogens is 1. The van der Waals surface area contributed by atoms with Crippen molar-refractivity contribution in [1.82, 2.24) is 10.3 Å². The smallest absolute Gasteiger partial charge is 0.400 e. The van der Waals surface area contributed by atoms with Crippen LogP contribution in [0.1, 0.15) is 40.2 Å². The van der Waals surface area contributed by atoms with Crippen LogP contribution in [0.25, 0.3) is 6.08 Å². The molecule has 1 aromatic rings. The first-order valence-electron chi connectivity index (χ1n) is 7.73. The van der Waals surface area contributed by atoms with Crippen molar-refractivity contribution in [2.24, 2.45) is 0 Å². The Bertz CT molecular complexity index is 661. The van der Waals surface area contributed by atoms with Crippen LogP contribution in [0.2, 0.25) is 0 Å². The van der Waals surface area contributed by atoms with E-state index < -0.39 is 24.1 Å². The third-order valence-corrected chi connectivity index (χ3v) is 4.35. The van der Waals surface area contributed by atoms with Gasteiger partial charge >= 0.3 is 7.12 Å². The number of nitrogens with two attached hydrogens (primary N) is 1. The zero-order valence-electron chi connectivity index (χ0n) is 14.6. The van der Waals surface area contributed by atoms with Gasteiger partial charge in [-0.1, -0.05) is 6.08 Å². The Balaban J connectivity index is 2.37. The van der Waals surface area contributed by atoms with Crippen molar-refractivity contribution in [1.29, 1.82) is 0 Å². The normalized spacial score (nSPS) is 19.4. The topological polar surface area (TPSA) is 86.5 Å². The van der Waals surface area contributed by atoms with Gasteiger partial charge in [0.15, 0.2) is 0 Å². The number of nitrogens with zero attached hydrogens (tertiary/aromatic N) is 1. The van der Waals surface area contributed by atoms with E-state index in [-0.39, 0.29) is 18.3 Å². The SMILES string of the molecule is CC(=O)NCC(=Cc1cc(F)cnc1N)B1OC(C)(C)C(C)(C)O1. The minimum Gasteiger partial charge on any atom is -0.400 e. The fourth-order valence-corrected chi connectivity index (χ4v) is 2.20. The van der Waals surface area contributed by atoms with Crippen molar-refractivity contribution in [2.75, 3.05) is 12.3 Å². The fourth-order valence-electron chi connectivity index (χ4n) is 2.20. The average molecular weight is 335 g/mol. The van der Waals surface area contributed by atoms with Gasteiger partial charge in [0.2, 0.25) is 5.91 Å². The van der Waals surface area contributed by atoms with E-state index in [0.29, 0.717) is 11.0 Å². The largest absolute Gasteiger partial charge is 0.492 e. The number of rotatable bonds is 4. The number of nitrogens with one attached hydrogen (secondary N) is 1. The standard InChI is InChI=1S/C16H23BFN3O3/c1-10(22)20-8-12(6-11-7-13(18)9-21-14(11)19)17-23-15(2,3)16(4,5)24-17/h6-7,9H,8H2,1-5H3,(H2,19,21)(H,20,22). The number of nitrogen functional groups attached to an aromatic ring is 1. The lowest BCUT2D eigenvalue weighted by atomic mass is 9.77. The lowest BCUT2D eigenvalue weighted by Gasteiger charge is -2.32. The highest BCUT2D eigenvalue weighted by Gasteiger charge is 2.52. The van der Waals surface area contributed by atoms with Gasteiger partial charge in [0.1, 0.15) is 11.6 Å². The van der Waals surface area contributed by atoms with Gasteiger partial charge in [-0.05, 0) is 39.2 Å². The van der Waals surface area contributed by atoms with Crippen LogP contribution in [-0.4, -0.2) is 35.8 Å². The van der Waals surface area contributed by atoms with E-state index in [9.17, 15) is 9.18 Å². The number of aromatic nitrogens is 1. The molecule has 0 unspecified atom stereocenters. The maximum Gasteiger partial charge on any atom is 0.492 e. The van der Waals surface area contributed by atoms with Crippen molar-refractivity contribution >= 4 is 24.9 Å². The molecule has 130 valence electrons. The molecular weight excluding hydrogens is 312 g/mol. The van der Waals surface area contributed by atoms with Gasteiger partial charge in [-0.2, -0.15) is 0 Å². The average Bonchev–Trinajstić information content (AvgIpc) is 2.66. The monoisotopic (exact) mass is 335 g/mol. The number of carbonyl (C=O) groups is 1. The van der Waals surface area contributed by atoms with E-state index >= 15 is 0 Å². The maximum absolute atomic E-state index is 13.5. The highest BCUT2D eigenvalue weighted by atomic mass is 19.1. The molecule has 2 rings (SSSR count). The van der Waals surface area contributed by atoms with Gasteiger partial charge in [-0.25, -0.2) is 9.37 Å². The van der Waals surface area contributed by atoms with Crippen LogP contribution in [0.3, 0.4) is 0 Å². The predicted molar refractivity (Wildman–Crippen MR) is 91.4 cm³/mol. The quantitative estimate of drug-likeness (QED) is 0.822. The van der Waals surface area contributed by atoms with Crippen molar-refractivity contribution in [3.63, 3.8) is 0 Å². The molecule has 3 N–H and O–H groups in total. The Labute approximate surface area is 141 Å². The van der Waals surface area contributed by atoms with Gasteiger partial charge in [0, 0.05) is 19.0 Å². The number of carbonyl (C=O) groups excluding carboxylic acids is 1. The minimum atomic E-state index is -0.676. The van der Waals surface area contributed by atoms with E-state index in [1.165, 1.54) is 13.0 Å². The summed E-state index contributed by atoms with van der Waals surface area (Å²) in [5.41, 5.74) is 5.78. The molecule has 0 aromatic carbocycles. The second-order valence-corrected chi connectivity index (χ2v) is 6.85. The Morgan fingerprint density at radius 1 is 1.38 bits per heavy atom. The molecule has 0 spiro atoms. The van der Waals surface area contributed by atoms with Crippen LogP contribution < -0.4 is 11.1 Å². The van der Waals surface area contributed by atoms with Crippen LogP contribution in [0.4, 0.5) is 10.2 Å². The molecule has 2 heterocycles. The first-order chi connectivity index (χ1) is 11.0. The first-order valence-corrected chi connectivity index (χ1v) is 7.73. The van der Waals surface area contributed by atoms with E-state index in [1.54, 1.807) is 6.08 Å². The third-order valence-electron chi connectivity index (χ3n) is 4.35. The summed E-state index contributed by atoms with van der Waals surface area (Å²) in [6.45, 7) is 9.34. The number of pyridine rings is 1. The van der Waals surface area contributed by atoms with E-state index in [4.69, 9.17) is 15.0 Å². The van der Waals surface area contributed by atoms with E-state index in [0.717, 1.165) is 6.20 Å². The summed E-state index contributed by atoms with van der Waals surface area (Å²) in [5.74, 6) is -0.501. The molecule has 1 aromatic heterocycles. The number of anilines is 1. The molecule has 0 atom stereocenters. The number of hydrogen-bond donors (Lipinski definition) is 2. The molecule has 0 radical (unpaired) electrons.